The number of methoxy groups -OCH3 is 1. The first-order valence-corrected chi connectivity index (χ1v) is 11.6. The Bertz CT molecular complexity index is 980. The van der Waals surface area contributed by atoms with E-state index >= 15 is 0 Å². The number of benzene rings is 1. The lowest BCUT2D eigenvalue weighted by Crippen LogP contribution is -2.47. The average molecular weight is 453 g/mol. The van der Waals surface area contributed by atoms with E-state index in [0.717, 1.165) is 24.5 Å². The number of hydrazine groups is 1. The first-order valence-electron chi connectivity index (χ1n) is 8.18. The zero-order valence-corrected chi connectivity index (χ0v) is 18.3. The quantitative estimate of drug-likeness (QED) is 0.431. The van der Waals surface area contributed by atoms with Crippen molar-refractivity contribution >= 4 is 31.9 Å². The number of esters is 1. The molecule has 0 aliphatic heterocycles. The minimum absolute atomic E-state index is 0.119. The number of rotatable bonds is 8. The minimum Gasteiger partial charge on any atom is -0.464 e. The first kappa shape index (κ1) is 24.8. The average Bonchev–Trinajstić information content (AvgIpc) is 2.55. The lowest BCUT2D eigenvalue weighted by molar-refractivity contribution is 0.00644. The number of nitrogens with one attached hydrogen (secondary N) is 1. The van der Waals surface area contributed by atoms with Crippen LogP contribution in [0.2, 0.25) is 0 Å². The van der Waals surface area contributed by atoms with Crippen molar-refractivity contribution in [2.24, 2.45) is 0 Å². The van der Waals surface area contributed by atoms with Crippen molar-refractivity contribution in [3.05, 3.63) is 23.8 Å². The number of nitrogens with zero attached hydrogens (tertiary/aromatic N) is 1. The summed E-state index contributed by atoms with van der Waals surface area (Å²) in [7, 11) is -7.64. The van der Waals surface area contributed by atoms with Gasteiger partial charge < -0.3 is 14.6 Å². The summed E-state index contributed by atoms with van der Waals surface area (Å²) in [5.41, 5.74) is -1.44. The smallest absolute Gasteiger partial charge is 0.422 e. The van der Waals surface area contributed by atoms with Crippen LogP contribution in [0, 0.1) is 0 Å². The molecule has 29 heavy (non-hydrogen) atoms. The highest BCUT2D eigenvalue weighted by molar-refractivity contribution is 7.93. The Kier molecular flexibility index (Phi) is 7.76. The predicted molar refractivity (Wildman–Crippen MR) is 102 cm³/mol. The van der Waals surface area contributed by atoms with Gasteiger partial charge >= 0.3 is 12.1 Å². The molecule has 1 amide bonds. The van der Waals surface area contributed by atoms with Crippen LogP contribution in [0.3, 0.4) is 0 Å². The molecule has 1 aromatic carbocycles. The Morgan fingerprint density at radius 2 is 1.76 bits per heavy atom. The van der Waals surface area contributed by atoms with Gasteiger partial charge in [0.15, 0.2) is 9.84 Å². The van der Waals surface area contributed by atoms with Crippen LogP contribution in [0.25, 0.3) is 0 Å². The summed E-state index contributed by atoms with van der Waals surface area (Å²) < 4.78 is 60.1. The van der Waals surface area contributed by atoms with Gasteiger partial charge in [-0.15, -0.1) is 4.83 Å². The third-order valence-corrected chi connectivity index (χ3v) is 5.93. The Morgan fingerprint density at radius 1 is 1.17 bits per heavy atom. The molecular weight excluding hydrogens is 428 g/mol. The van der Waals surface area contributed by atoms with Gasteiger partial charge in [0.25, 0.3) is 10.0 Å². The van der Waals surface area contributed by atoms with Crippen LogP contribution in [-0.2, 0) is 29.3 Å². The van der Waals surface area contributed by atoms with E-state index in [1.54, 1.807) is 25.6 Å². The van der Waals surface area contributed by atoms with E-state index in [4.69, 9.17) is 14.6 Å². The second kappa shape index (κ2) is 9.07. The Labute approximate surface area is 169 Å². The Hall–Kier alpha value is -2.22. The van der Waals surface area contributed by atoms with Crippen LogP contribution in [0.5, 0.6) is 0 Å². The normalized spacial score (nSPS) is 12.4. The highest BCUT2D eigenvalue weighted by Crippen LogP contribution is 2.27. The van der Waals surface area contributed by atoms with Crippen molar-refractivity contribution < 1.29 is 41.0 Å². The van der Waals surface area contributed by atoms with Crippen molar-refractivity contribution in [2.75, 3.05) is 26.5 Å². The maximum atomic E-state index is 12.8. The molecule has 0 aliphatic carbocycles. The molecule has 0 spiro atoms. The maximum Gasteiger partial charge on any atom is 0.422 e. The number of carboxylic acid groups (broad SMARTS) is 1. The lowest BCUT2D eigenvalue weighted by atomic mass is 10.1. The van der Waals surface area contributed by atoms with E-state index in [-0.39, 0.29) is 13.2 Å². The van der Waals surface area contributed by atoms with Crippen LogP contribution in [-0.4, -0.2) is 71.1 Å². The fourth-order valence-electron chi connectivity index (χ4n) is 2.16. The van der Waals surface area contributed by atoms with Crippen LogP contribution in [0.15, 0.2) is 28.0 Å². The van der Waals surface area contributed by atoms with Crippen LogP contribution < -0.4 is 4.83 Å². The molecule has 13 heteroatoms. The molecule has 0 fully saturated rings. The van der Waals surface area contributed by atoms with Crippen LogP contribution in [0.1, 0.15) is 31.1 Å². The number of carbonyl (C=O) groups excluding carboxylic acids is 1. The molecular formula is C16H24N2O9S2. The summed E-state index contributed by atoms with van der Waals surface area (Å²) in [6, 6.07) is 3.22. The first-order chi connectivity index (χ1) is 13.1. The highest BCUT2D eigenvalue weighted by Gasteiger charge is 2.33. The summed E-state index contributed by atoms with van der Waals surface area (Å²) >= 11 is 0. The number of hydrogen-bond donors (Lipinski definition) is 2. The molecule has 2 N–H and O–H groups in total. The molecule has 0 saturated carbocycles. The predicted octanol–water partition coefficient (Wildman–Crippen LogP) is 0.865. The van der Waals surface area contributed by atoms with Gasteiger partial charge in [-0.25, -0.2) is 31.4 Å². The molecule has 0 aliphatic rings. The van der Waals surface area contributed by atoms with Gasteiger partial charge in [-0.3, -0.25) is 0 Å². The Balaban J connectivity index is 3.57. The van der Waals surface area contributed by atoms with Gasteiger partial charge in [0.2, 0.25) is 0 Å². The molecule has 164 valence electrons. The fraction of sp³-hybridized carbons (Fsp3) is 0.500. The lowest BCUT2D eigenvalue weighted by Gasteiger charge is -2.22. The number of sulfone groups is 1. The number of amides is 1. The monoisotopic (exact) mass is 452 g/mol. The maximum absolute atomic E-state index is 12.8. The van der Waals surface area contributed by atoms with Crippen LogP contribution >= 0.6 is 0 Å². The van der Waals surface area contributed by atoms with E-state index < -0.39 is 52.9 Å². The van der Waals surface area contributed by atoms with Gasteiger partial charge in [-0.05, 0) is 32.9 Å². The van der Waals surface area contributed by atoms with Crippen molar-refractivity contribution in [3.8, 4) is 0 Å². The van der Waals surface area contributed by atoms with Gasteiger partial charge in [0, 0.05) is 13.4 Å². The molecule has 0 bridgehead atoms. The van der Waals surface area contributed by atoms with E-state index in [1.807, 2.05) is 0 Å². The van der Waals surface area contributed by atoms with E-state index in [9.17, 15) is 26.4 Å². The molecule has 0 unspecified atom stereocenters. The molecule has 0 radical (unpaired) electrons. The molecule has 1 rings (SSSR count). The van der Waals surface area contributed by atoms with E-state index in [2.05, 4.69) is 0 Å². The molecule has 1 aromatic rings. The van der Waals surface area contributed by atoms with Gasteiger partial charge in [0.1, 0.15) is 15.4 Å². The second-order valence-corrected chi connectivity index (χ2v) is 10.5. The van der Waals surface area contributed by atoms with E-state index in [0.29, 0.717) is 5.01 Å². The third-order valence-electron chi connectivity index (χ3n) is 3.24. The summed E-state index contributed by atoms with van der Waals surface area (Å²) in [5, 5.41) is 9.49. The van der Waals surface area contributed by atoms with Crippen molar-refractivity contribution in [1.82, 2.24) is 9.84 Å². The third kappa shape index (κ3) is 6.96. The van der Waals surface area contributed by atoms with Crippen molar-refractivity contribution in [1.29, 1.82) is 0 Å². The van der Waals surface area contributed by atoms with Gasteiger partial charge in [-0.2, -0.15) is 0 Å². The topological polar surface area (TPSA) is 156 Å². The second-order valence-electron chi connectivity index (χ2n) is 6.93. The molecule has 0 saturated heterocycles. The molecule has 0 aromatic heterocycles. The largest absolute Gasteiger partial charge is 0.464 e. The number of ether oxygens (including phenoxy) is 2. The highest BCUT2D eigenvalue weighted by atomic mass is 32.2. The summed E-state index contributed by atoms with van der Waals surface area (Å²) in [6.45, 7) is 4.21. The Morgan fingerprint density at radius 3 is 2.21 bits per heavy atom. The molecule has 11 nitrogen and oxygen atoms in total. The number of sulfonamides is 1. The number of hydrogen-bond acceptors (Lipinski definition) is 8. The van der Waals surface area contributed by atoms with Gasteiger partial charge in [0.05, 0.1) is 18.7 Å². The van der Waals surface area contributed by atoms with Crippen molar-refractivity contribution in [2.45, 2.75) is 36.2 Å². The SMILES string of the molecule is COCCN(NS(=O)(=O)c1cccc(C(=O)OC(C)(C)C)c1S(C)(=O)=O)C(=O)O. The molecule has 0 heterocycles. The zero-order valence-electron chi connectivity index (χ0n) is 16.6. The van der Waals surface area contributed by atoms with Crippen LogP contribution in [0.4, 0.5) is 4.79 Å². The minimum atomic E-state index is -4.70. The fourth-order valence-corrected chi connectivity index (χ4v) is 5.10. The summed E-state index contributed by atoms with van der Waals surface area (Å²) in [4.78, 5) is 23.9. The summed E-state index contributed by atoms with van der Waals surface area (Å²) in [5.74, 6) is -1.04. The van der Waals surface area contributed by atoms with Gasteiger partial charge in [-0.1, -0.05) is 6.07 Å². The zero-order chi connectivity index (χ0) is 22.6. The molecule has 0 atom stereocenters. The standard InChI is InChI=1S/C16H24N2O9S2/c1-16(2,3)27-14(19)11-7-6-8-12(13(11)28(5,22)23)29(24,25)17-18(15(20)21)9-10-26-4/h6-8,17H,9-10H2,1-5H3,(H,20,21). The van der Waals surface area contributed by atoms with E-state index in [1.165, 1.54) is 7.11 Å². The summed E-state index contributed by atoms with van der Waals surface area (Å²) in [6.07, 6.45) is -0.899. The number of carbonyl (C=O) groups is 2. The van der Waals surface area contributed by atoms with Crippen molar-refractivity contribution in [3.63, 3.8) is 0 Å².